The Hall–Kier alpha value is -0.970. The molecule has 4 rings (SSSR count). The molecule has 0 aromatic heterocycles. The second-order valence-corrected chi connectivity index (χ2v) is 6.84. The molecule has 0 saturated heterocycles. The fraction of sp³-hybridized carbons (Fsp3) is 0.824. The van der Waals surface area contributed by atoms with Crippen molar-refractivity contribution in [2.75, 3.05) is 13.1 Å². The average Bonchev–Trinajstić information content (AvgIpc) is 2.41. The molecule has 0 spiro atoms. The summed E-state index contributed by atoms with van der Waals surface area (Å²) in [5, 5.41) is 9.45. The van der Waals surface area contributed by atoms with Gasteiger partial charge in [-0.15, -0.1) is 0 Å². The highest BCUT2D eigenvalue weighted by Gasteiger charge is 2.47. The van der Waals surface area contributed by atoms with E-state index in [2.05, 4.69) is 30.9 Å². The molecular formula is C17H26N2. The summed E-state index contributed by atoms with van der Waals surface area (Å²) in [4.78, 5) is 2.21. The summed E-state index contributed by atoms with van der Waals surface area (Å²) in [5.41, 5.74) is 0.933. The topological polar surface area (TPSA) is 27.0 Å². The van der Waals surface area contributed by atoms with Gasteiger partial charge in [-0.25, -0.2) is 0 Å². The Morgan fingerprint density at radius 2 is 1.58 bits per heavy atom. The molecule has 4 aliphatic carbocycles. The van der Waals surface area contributed by atoms with Crippen LogP contribution in [0.4, 0.5) is 0 Å². The van der Waals surface area contributed by atoms with E-state index in [0.29, 0.717) is 5.92 Å². The lowest BCUT2D eigenvalue weighted by Gasteiger charge is -2.53. The van der Waals surface area contributed by atoms with Crippen LogP contribution in [-0.2, 0) is 0 Å². The zero-order chi connectivity index (χ0) is 13.4. The molecule has 0 amide bonds. The van der Waals surface area contributed by atoms with E-state index >= 15 is 0 Å². The number of hydrogen-bond donors (Lipinski definition) is 0. The minimum atomic E-state index is 0.697. The van der Waals surface area contributed by atoms with Crippen LogP contribution in [0.5, 0.6) is 0 Å². The molecule has 0 aromatic carbocycles. The van der Waals surface area contributed by atoms with Gasteiger partial charge in [-0.3, -0.25) is 0 Å². The van der Waals surface area contributed by atoms with E-state index in [4.69, 9.17) is 0 Å². The van der Waals surface area contributed by atoms with Gasteiger partial charge in [0.2, 0.25) is 0 Å². The van der Waals surface area contributed by atoms with Gasteiger partial charge in [0, 0.05) is 13.1 Å². The Labute approximate surface area is 117 Å². The molecule has 0 heterocycles. The first-order valence-electron chi connectivity index (χ1n) is 8.12. The Morgan fingerprint density at radius 3 is 2.00 bits per heavy atom. The minimum Gasteiger partial charge on any atom is -0.364 e. The molecule has 0 radical (unpaired) electrons. The van der Waals surface area contributed by atoms with Crippen LogP contribution in [0.15, 0.2) is 11.8 Å². The quantitative estimate of drug-likeness (QED) is 0.717. The zero-order valence-corrected chi connectivity index (χ0v) is 12.3. The number of nitrogens with zero attached hydrogens (tertiary/aromatic N) is 2. The molecule has 2 nitrogen and oxygen atoms in total. The molecule has 0 aromatic rings. The fourth-order valence-electron chi connectivity index (χ4n) is 5.20. The van der Waals surface area contributed by atoms with Gasteiger partial charge in [0.25, 0.3) is 0 Å². The summed E-state index contributed by atoms with van der Waals surface area (Å²) in [5.74, 6) is 4.51. The number of nitriles is 1. The smallest absolute Gasteiger partial charge is 0.117 e. The molecule has 0 N–H and O–H groups in total. The molecule has 4 aliphatic rings. The van der Waals surface area contributed by atoms with Crippen LogP contribution >= 0.6 is 0 Å². The van der Waals surface area contributed by atoms with Gasteiger partial charge in [-0.05, 0) is 81.6 Å². The predicted molar refractivity (Wildman–Crippen MR) is 77.2 cm³/mol. The van der Waals surface area contributed by atoms with Crippen molar-refractivity contribution in [3.63, 3.8) is 0 Å². The van der Waals surface area contributed by atoms with Crippen molar-refractivity contribution in [2.24, 2.45) is 29.6 Å². The van der Waals surface area contributed by atoms with Gasteiger partial charge in [0.1, 0.15) is 11.8 Å². The maximum atomic E-state index is 9.45. The van der Waals surface area contributed by atoms with Crippen molar-refractivity contribution < 1.29 is 0 Å². The van der Waals surface area contributed by atoms with E-state index in [0.717, 1.165) is 42.5 Å². The first-order chi connectivity index (χ1) is 9.25. The summed E-state index contributed by atoms with van der Waals surface area (Å²) in [7, 11) is 0. The molecule has 0 aliphatic heterocycles. The normalized spacial score (nSPS) is 40.3. The van der Waals surface area contributed by atoms with Gasteiger partial charge in [-0.1, -0.05) is 0 Å². The number of allylic oxidation sites excluding steroid dienone is 2. The molecule has 19 heavy (non-hydrogen) atoms. The SMILES string of the molecule is CCN(CC)/C(C#N)=C\C1C2CC3CC(C2)CC1C3. The van der Waals surface area contributed by atoms with Crippen LogP contribution < -0.4 is 0 Å². The summed E-state index contributed by atoms with van der Waals surface area (Å²) in [6.07, 6.45) is 9.59. The highest BCUT2D eigenvalue weighted by molar-refractivity contribution is 5.22. The second kappa shape index (κ2) is 5.19. The van der Waals surface area contributed by atoms with E-state index in [1.807, 2.05) is 0 Å². The Kier molecular flexibility index (Phi) is 3.56. The van der Waals surface area contributed by atoms with E-state index in [1.54, 1.807) is 0 Å². The van der Waals surface area contributed by atoms with Crippen LogP contribution in [-0.4, -0.2) is 18.0 Å². The molecule has 2 heteroatoms. The Balaban J connectivity index is 1.80. The number of rotatable bonds is 4. The maximum absolute atomic E-state index is 9.45. The summed E-state index contributed by atoms with van der Waals surface area (Å²) in [6.45, 7) is 6.18. The minimum absolute atomic E-state index is 0.697. The molecule has 0 unspecified atom stereocenters. The molecular weight excluding hydrogens is 232 g/mol. The van der Waals surface area contributed by atoms with Crippen molar-refractivity contribution >= 4 is 0 Å². The lowest BCUT2D eigenvalue weighted by atomic mass is 9.52. The van der Waals surface area contributed by atoms with Crippen molar-refractivity contribution in [3.05, 3.63) is 11.8 Å². The molecule has 4 fully saturated rings. The van der Waals surface area contributed by atoms with Crippen molar-refractivity contribution in [2.45, 2.75) is 46.0 Å². The van der Waals surface area contributed by atoms with E-state index < -0.39 is 0 Å². The highest BCUT2D eigenvalue weighted by atomic mass is 15.1. The Bertz CT molecular complexity index is 372. The molecule has 4 bridgehead atoms. The predicted octanol–water partition coefficient (Wildman–Crippen LogP) is 3.81. The largest absolute Gasteiger partial charge is 0.364 e. The molecule has 0 atom stereocenters. The zero-order valence-electron chi connectivity index (χ0n) is 12.3. The van der Waals surface area contributed by atoms with Crippen molar-refractivity contribution in [1.29, 1.82) is 5.26 Å². The summed E-state index contributed by atoms with van der Waals surface area (Å²) < 4.78 is 0. The second-order valence-electron chi connectivity index (χ2n) is 6.84. The third-order valence-electron chi connectivity index (χ3n) is 5.87. The van der Waals surface area contributed by atoms with Gasteiger partial charge in [0.05, 0.1) is 0 Å². The first-order valence-corrected chi connectivity index (χ1v) is 8.12. The standard InChI is InChI=1S/C17H26N2/c1-3-19(4-2)16(11-18)10-17-14-6-12-5-13(8-14)9-15(17)7-12/h10,12-15,17H,3-9H2,1-2H3/b16-10-. The van der Waals surface area contributed by atoms with E-state index in [-0.39, 0.29) is 0 Å². The van der Waals surface area contributed by atoms with Crippen LogP contribution in [0.25, 0.3) is 0 Å². The monoisotopic (exact) mass is 258 g/mol. The van der Waals surface area contributed by atoms with Crippen LogP contribution in [0.3, 0.4) is 0 Å². The maximum Gasteiger partial charge on any atom is 0.117 e. The summed E-state index contributed by atoms with van der Waals surface area (Å²) in [6, 6.07) is 2.45. The molecule has 4 saturated carbocycles. The third kappa shape index (κ3) is 2.29. The highest BCUT2D eigenvalue weighted by Crippen LogP contribution is 2.57. The fourth-order valence-corrected chi connectivity index (χ4v) is 5.20. The number of hydrogen-bond acceptors (Lipinski definition) is 2. The van der Waals surface area contributed by atoms with Gasteiger partial charge in [0.15, 0.2) is 0 Å². The summed E-state index contributed by atoms with van der Waals surface area (Å²) >= 11 is 0. The van der Waals surface area contributed by atoms with Crippen molar-refractivity contribution in [1.82, 2.24) is 4.90 Å². The van der Waals surface area contributed by atoms with Gasteiger partial charge < -0.3 is 4.90 Å². The lowest BCUT2D eigenvalue weighted by molar-refractivity contribution is -0.0168. The van der Waals surface area contributed by atoms with Gasteiger partial charge >= 0.3 is 0 Å². The van der Waals surface area contributed by atoms with E-state index in [9.17, 15) is 5.26 Å². The van der Waals surface area contributed by atoms with Crippen LogP contribution in [0.1, 0.15) is 46.0 Å². The first kappa shape index (κ1) is 13.0. The third-order valence-corrected chi connectivity index (χ3v) is 5.87. The van der Waals surface area contributed by atoms with E-state index in [1.165, 1.54) is 32.1 Å². The van der Waals surface area contributed by atoms with Crippen LogP contribution in [0.2, 0.25) is 0 Å². The molecule has 104 valence electrons. The Morgan fingerprint density at radius 1 is 1.05 bits per heavy atom. The van der Waals surface area contributed by atoms with Gasteiger partial charge in [-0.2, -0.15) is 5.26 Å². The van der Waals surface area contributed by atoms with Crippen molar-refractivity contribution in [3.8, 4) is 6.07 Å². The van der Waals surface area contributed by atoms with Crippen LogP contribution in [0, 0.1) is 40.9 Å². The lowest BCUT2D eigenvalue weighted by Crippen LogP contribution is -2.44. The average molecular weight is 258 g/mol.